The van der Waals surface area contributed by atoms with Crippen LogP contribution in [-0.2, 0) is 19.1 Å². The highest BCUT2D eigenvalue weighted by atomic mass is 32.2. The summed E-state index contributed by atoms with van der Waals surface area (Å²) >= 11 is 1.26. The number of thioether (sulfide) groups is 1. The van der Waals surface area contributed by atoms with E-state index in [1.807, 2.05) is 17.4 Å². The second kappa shape index (κ2) is 8.88. The number of hydrogen-bond donors (Lipinski definition) is 3. The molecule has 1 aliphatic rings. The van der Waals surface area contributed by atoms with Gasteiger partial charge >= 0.3 is 12.0 Å². The Morgan fingerprint density at radius 2 is 2.08 bits per heavy atom. The number of fused-ring (bicyclic) bond motifs is 1. The van der Waals surface area contributed by atoms with E-state index >= 15 is 0 Å². The molecule has 1 atom stereocenters. The summed E-state index contributed by atoms with van der Waals surface area (Å²) in [6.45, 7) is 3.02. The predicted octanol–water partition coefficient (Wildman–Crippen LogP) is 1.04. The zero-order chi connectivity index (χ0) is 18.2. The van der Waals surface area contributed by atoms with Crippen molar-refractivity contribution in [1.29, 1.82) is 0 Å². The molecule has 25 heavy (non-hydrogen) atoms. The van der Waals surface area contributed by atoms with Crippen LogP contribution in [0.2, 0.25) is 0 Å². The van der Waals surface area contributed by atoms with Crippen LogP contribution >= 0.6 is 11.8 Å². The lowest BCUT2D eigenvalue weighted by Crippen LogP contribution is -2.41. The van der Waals surface area contributed by atoms with Gasteiger partial charge in [0.05, 0.1) is 17.4 Å². The van der Waals surface area contributed by atoms with Crippen LogP contribution in [0, 0.1) is 0 Å². The van der Waals surface area contributed by atoms with E-state index in [1.54, 1.807) is 12.1 Å². The van der Waals surface area contributed by atoms with E-state index in [0.29, 0.717) is 5.69 Å². The SMILES string of the molecule is C=CCNC(=O)NC(=O)COC(=O)C[C@@H]1Sc2ccccc2NC1=O. The number of nitrogens with one attached hydrogen (secondary N) is 3. The van der Waals surface area contributed by atoms with Gasteiger partial charge < -0.3 is 15.4 Å². The zero-order valence-corrected chi connectivity index (χ0v) is 14.1. The van der Waals surface area contributed by atoms with Crippen molar-refractivity contribution >= 4 is 41.3 Å². The normalized spacial score (nSPS) is 15.4. The molecule has 0 unspecified atom stereocenters. The minimum absolute atomic E-state index is 0.180. The number of carbonyl (C=O) groups excluding carboxylic acids is 4. The molecule has 0 aliphatic carbocycles. The van der Waals surface area contributed by atoms with Crippen LogP contribution in [0.5, 0.6) is 0 Å². The summed E-state index contributed by atoms with van der Waals surface area (Å²) in [7, 11) is 0. The van der Waals surface area contributed by atoms with Crippen molar-refractivity contribution in [3.05, 3.63) is 36.9 Å². The van der Waals surface area contributed by atoms with Gasteiger partial charge in [-0.1, -0.05) is 18.2 Å². The maximum absolute atomic E-state index is 12.0. The topological polar surface area (TPSA) is 114 Å². The molecule has 0 spiro atoms. The number of hydrogen-bond acceptors (Lipinski definition) is 6. The molecule has 8 nitrogen and oxygen atoms in total. The first kappa shape index (κ1) is 18.5. The molecular formula is C16H17N3O5S. The van der Waals surface area contributed by atoms with Crippen LogP contribution in [0.15, 0.2) is 41.8 Å². The van der Waals surface area contributed by atoms with Gasteiger partial charge in [-0.3, -0.25) is 19.7 Å². The molecule has 0 fully saturated rings. The molecule has 1 aromatic carbocycles. The summed E-state index contributed by atoms with van der Waals surface area (Å²) in [5.41, 5.74) is 0.701. The molecule has 9 heteroatoms. The fraction of sp³-hybridized carbons (Fsp3) is 0.250. The molecule has 4 amide bonds. The van der Waals surface area contributed by atoms with Gasteiger partial charge in [0.25, 0.3) is 5.91 Å². The van der Waals surface area contributed by atoms with Gasteiger partial charge in [-0.2, -0.15) is 0 Å². The molecule has 1 heterocycles. The molecule has 3 N–H and O–H groups in total. The molecule has 1 aromatic rings. The summed E-state index contributed by atoms with van der Waals surface area (Å²) in [5, 5.41) is 6.42. The smallest absolute Gasteiger partial charge is 0.321 e. The Bertz CT molecular complexity index is 707. The van der Waals surface area contributed by atoms with E-state index in [4.69, 9.17) is 4.74 Å². The largest absolute Gasteiger partial charge is 0.456 e. The summed E-state index contributed by atoms with van der Waals surface area (Å²) < 4.78 is 4.80. The number of amides is 4. The first-order valence-corrected chi connectivity index (χ1v) is 8.28. The number of benzene rings is 1. The van der Waals surface area contributed by atoms with Crippen molar-refractivity contribution in [3.63, 3.8) is 0 Å². The number of urea groups is 1. The third-order valence-corrected chi connectivity index (χ3v) is 4.36. The molecule has 0 saturated carbocycles. The minimum Gasteiger partial charge on any atom is -0.456 e. The van der Waals surface area contributed by atoms with E-state index < -0.39 is 29.8 Å². The lowest BCUT2D eigenvalue weighted by molar-refractivity contribution is -0.148. The van der Waals surface area contributed by atoms with Crippen molar-refractivity contribution in [2.45, 2.75) is 16.6 Å². The molecule has 0 aromatic heterocycles. The third-order valence-electron chi connectivity index (χ3n) is 3.08. The fourth-order valence-electron chi connectivity index (χ4n) is 1.96. The second-order valence-corrected chi connectivity index (χ2v) is 6.25. The molecule has 132 valence electrons. The van der Waals surface area contributed by atoms with E-state index in [9.17, 15) is 19.2 Å². The van der Waals surface area contributed by atoms with Crippen LogP contribution < -0.4 is 16.0 Å². The quantitative estimate of drug-likeness (QED) is 0.514. The second-order valence-electron chi connectivity index (χ2n) is 5.00. The van der Waals surface area contributed by atoms with Gasteiger partial charge in [0.2, 0.25) is 5.91 Å². The summed E-state index contributed by atoms with van der Waals surface area (Å²) in [6, 6.07) is 6.54. The minimum atomic E-state index is -0.763. The molecule has 0 radical (unpaired) electrons. The number of rotatable bonds is 6. The summed E-state index contributed by atoms with van der Waals surface area (Å²) in [6.07, 6.45) is 1.27. The van der Waals surface area contributed by atoms with Crippen LogP contribution in [0.25, 0.3) is 0 Å². The van der Waals surface area contributed by atoms with Crippen LogP contribution in [0.1, 0.15) is 6.42 Å². The highest BCUT2D eigenvalue weighted by molar-refractivity contribution is 8.01. The van der Waals surface area contributed by atoms with Gasteiger partial charge in [0, 0.05) is 11.4 Å². The maximum Gasteiger partial charge on any atom is 0.321 e. The molecule has 1 aliphatic heterocycles. The Morgan fingerprint density at radius 1 is 1.32 bits per heavy atom. The number of imide groups is 1. The van der Waals surface area contributed by atoms with Crippen molar-refractivity contribution in [1.82, 2.24) is 10.6 Å². The molecular weight excluding hydrogens is 346 g/mol. The fourth-order valence-corrected chi connectivity index (χ4v) is 3.05. The van der Waals surface area contributed by atoms with Crippen molar-refractivity contribution < 1.29 is 23.9 Å². The monoisotopic (exact) mass is 363 g/mol. The van der Waals surface area contributed by atoms with Gasteiger partial charge in [-0.15, -0.1) is 18.3 Å². The third kappa shape index (κ3) is 5.64. The number of carbonyl (C=O) groups is 4. The standard InChI is InChI=1S/C16H17N3O5S/c1-2-7-17-16(23)19-13(20)9-24-14(21)8-12-15(22)18-10-5-3-4-6-11(10)25-12/h2-6,12H,1,7-9H2,(H,18,22)(H2,17,19,20,23)/t12-/m0/s1. The Hall–Kier alpha value is -2.81. The highest BCUT2D eigenvalue weighted by Crippen LogP contribution is 2.36. The number of anilines is 1. The first-order valence-electron chi connectivity index (χ1n) is 7.40. The van der Waals surface area contributed by atoms with E-state index in [1.165, 1.54) is 17.8 Å². The first-order chi connectivity index (χ1) is 12.0. The van der Waals surface area contributed by atoms with Gasteiger partial charge in [-0.25, -0.2) is 4.79 Å². The lowest BCUT2D eigenvalue weighted by Gasteiger charge is -2.23. The molecule has 2 rings (SSSR count). The number of para-hydroxylation sites is 1. The van der Waals surface area contributed by atoms with Gasteiger partial charge in [0.1, 0.15) is 0 Å². The average Bonchev–Trinajstić information content (AvgIpc) is 2.59. The van der Waals surface area contributed by atoms with Crippen LogP contribution in [0.3, 0.4) is 0 Å². The Balaban J connectivity index is 1.77. The van der Waals surface area contributed by atoms with Crippen molar-refractivity contribution in [2.24, 2.45) is 0 Å². The van der Waals surface area contributed by atoms with E-state index in [0.717, 1.165) is 4.90 Å². The maximum atomic E-state index is 12.0. The lowest BCUT2D eigenvalue weighted by atomic mass is 10.2. The predicted molar refractivity (Wildman–Crippen MR) is 92.0 cm³/mol. The van der Waals surface area contributed by atoms with E-state index in [-0.39, 0.29) is 18.9 Å². The van der Waals surface area contributed by atoms with Crippen LogP contribution in [-0.4, -0.2) is 42.2 Å². The Morgan fingerprint density at radius 3 is 2.84 bits per heavy atom. The van der Waals surface area contributed by atoms with Gasteiger partial charge in [-0.05, 0) is 12.1 Å². The number of ether oxygens (including phenoxy) is 1. The number of esters is 1. The molecule has 0 bridgehead atoms. The van der Waals surface area contributed by atoms with E-state index in [2.05, 4.69) is 17.2 Å². The van der Waals surface area contributed by atoms with Crippen molar-refractivity contribution in [3.8, 4) is 0 Å². The van der Waals surface area contributed by atoms with Gasteiger partial charge in [0.15, 0.2) is 6.61 Å². The average molecular weight is 363 g/mol. The summed E-state index contributed by atoms with van der Waals surface area (Å²) in [4.78, 5) is 47.4. The zero-order valence-electron chi connectivity index (χ0n) is 13.2. The highest BCUT2D eigenvalue weighted by Gasteiger charge is 2.29. The Labute approximate surface area is 148 Å². The molecule has 0 saturated heterocycles. The Kier molecular flexibility index (Phi) is 6.58. The summed E-state index contributed by atoms with van der Waals surface area (Å²) in [5.74, 6) is -1.76. The van der Waals surface area contributed by atoms with Crippen LogP contribution in [0.4, 0.5) is 10.5 Å². The van der Waals surface area contributed by atoms with Crippen molar-refractivity contribution in [2.75, 3.05) is 18.5 Å².